The number of carboxylic acids is 1. The molecule has 3 unspecified atom stereocenters. The van der Waals surface area contributed by atoms with Gasteiger partial charge in [-0.15, -0.1) is 0 Å². The molecule has 40 heavy (non-hydrogen) atoms. The molecule has 1 aromatic heterocycles. The third-order valence-corrected chi connectivity index (χ3v) is 7.45. The van der Waals surface area contributed by atoms with Gasteiger partial charge in [0.25, 0.3) is 5.79 Å². The highest BCUT2D eigenvalue weighted by Crippen LogP contribution is 2.52. The second-order valence-electron chi connectivity index (χ2n) is 9.19. The molecule has 0 bridgehead atoms. The van der Waals surface area contributed by atoms with Crippen LogP contribution in [0.2, 0.25) is 0 Å². The zero-order valence-electron chi connectivity index (χ0n) is 20.7. The molecule has 9 N–H and O–H groups in total. The average molecular weight is 596 g/mol. The Kier molecular flexibility index (Phi) is 9.89. The number of phosphoric ester groups is 1. The van der Waals surface area contributed by atoms with E-state index in [1.165, 1.54) is 13.0 Å². The molecule has 3 rings (SSSR count). The molecule has 0 aromatic carbocycles. The van der Waals surface area contributed by atoms with E-state index < -0.39 is 99.7 Å². The van der Waals surface area contributed by atoms with Crippen molar-refractivity contribution in [1.82, 2.24) is 9.55 Å². The van der Waals surface area contributed by atoms with Gasteiger partial charge in [0.15, 0.2) is 6.23 Å². The number of phosphoric acid groups is 1. The standard InChI is InChI=1S/C19H29N6O14P/c1-7-8(26)4-19(17(31)32,38-15(7)12(28)9(27)5-22-24-21)39-40(34,35)36-6-10-13(29)14(30)16(37-10)25-3-2-11(20)23-18(25)33/h2-3,7-10,12-16,26-30H,4-6H2,1H3,(H,31,32)(H,34,35)(H2,20,23,33)/t7-,8-,9-,10-,12-,13+,14?,15?,16-,19-/m1/s1. The molecule has 20 nitrogen and oxygen atoms in total. The first-order chi connectivity index (χ1) is 18.6. The van der Waals surface area contributed by atoms with Crippen LogP contribution in [0.4, 0.5) is 5.82 Å². The van der Waals surface area contributed by atoms with E-state index in [1.54, 1.807) is 0 Å². The summed E-state index contributed by atoms with van der Waals surface area (Å²) in [7, 11) is -5.43. The number of carbonyl (C=O) groups is 1. The molecule has 21 heteroatoms. The average Bonchev–Trinajstić information content (AvgIpc) is 3.16. The minimum absolute atomic E-state index is 0.121. The second kappa shape index (κ2) is 12.4. The van der Waals surface area contributed by atoms with Crippen LogP contribution in [-0.2, 0) is 27.9 Å². The Labute approximate surface area is 224 Å². The van der Waals surface area contributed by atoms with E-state index in [2.05, 4.69) is 15.0 Å². The number of hydrogen-bond acceptors (Lipinski definition) is 15. The van der Waals surface area contributed by atoms with Crippen molar-refractivity contribution in [2.24, 2.45) is 11.0 Å². The van der Waals surface area contributed by atoms with E-state index in [-0.39, 0.29) is 5.82 Å². The second-order valence-corrected chi connectivity index (χ2v) is 10.6. The molecule has 2 fully saturated rings. The number of rotatable bonds is 11. The topological polar surface area (TPSA) is 322 Å². The number of aromatic nitrogens is 2. The van der Waals surface area contributed by atoms with Crippen LogP contribution >= 0.6 is 7.82 Å². The monoisotopic (exact) mass is 596 g/mol. The maximum Gasteiger partial charge on any atom is 0.475 e. The van der Waals surface area contributed by atoms with Crippen molar-refractivity contribution in [2.45, 2.75) is 68.1 Å². The summed E-state index contributed by atoms with van der Waals surface area (Å²) in [5, 5.41) is 64.4. The number of nitrogens with two attached hydrogens (primary N) is 1. The molecular weight excluding hydrogens is 567 g/mol. The lowest BCUT2D eigenvalue weighted by Gasteiger charge is -2.45. The Morgan fingerprint density at radius 2 is 2.08 bits per heavy atom. The minimum atomic E-state index is -5.43. The van der Waals surface area contributed by atoms with Crippen LogP contribution in [0.25, 0.3) is 10.4 Å². The highest BCUT2D eigenvalue weighted by Gasteiger charge is 2.57. The summed E-state index contributed by atoms with van der Waals surface area (Å²) in [6.45, 7) is -0.272. The van der Waals surface area contributed by atoms with E-state index in [0.717, 1.165) is 10.8 Å². The third kappa shape index (κ3) is 6.77. The minimum Gasteiger partial charge on any atom is -0.477 e. The van der Waals surface area contributed by atoms with Gasteiger partial charge in [-0.25, -0.2) is 18.7 Å². The van der Waals surface area contributed by atoms with Crippen LogP contribution in [0.15, 0.2) is 22.2 Å². The highest BCUT2D eigenvalue weighted by atomic mass is 31.2. The van der Waals surface area contributed by atoms with Gasteiger partial charge in [-0.3, -0.25) is 9.09 Å². The Morgan fingerprint density at radius 3 is 2.67 bits per heavy atom. The van der Waals surface area contributed by atoms with Gasteiger partial charge >= 0.3 is 19.5 Å². The van der Waals surface area contributed by atoms with Gasteiger partial charge in [-0.05, 0) is 11.6 Å². The largest absolute Gasteiger partial charge is 0.477 e. The molecule has 224 valence electrons. The molecule has 2 saturated heterocycles. The molecule has 0 spiro atoms. The number of carboxylic acid groups (broad SMARTS) is 1. The molecule has 0 aliphatic carbocycles. The molecular formula is C19H29N6O14P. The van der Waals surface area contributed by atoms with Crippen LogP contribution in [0.1, 0.15) is 19.6 Å². The Bertz CT molecular complexity index is 1230. The molecule has 0 saturated carbocycles. The molecule has 2 aliphatic heterocycles. The van der Waals surface area contributed by atoms with Crippen LogP contribution in [0.3, 0.4) is 0 Å². The van der Waals surface area contributed by atoms with Crippen LogP contribution in [0, 0.1) is 5.92 Å². The summed E-state index contributed by atoms with van der Waals surface area (Å²) in [6.07, 6.45) is -13.3. The summed E-state index contributed by atoms with van der Waals surface area (Å²) in [6, 6.07) is 1.22. The van der Waals surface area contributed by atoms with Crippen molar-refractivity contribution in [1.29, 1.82) is 0 Å². The summed E-state index contributed by atoms with van der Waals surface area (Å²) in [5.74, 6) is -6.22. The van der Waals surface area contributed by atoms with E-state index >= 15 is 0 Å². The van der Waals surface area contributed by atoms with Gasteiger partial charge in [0.05, 0.1) is 31.5 Å². The molecule has 0 amide bonds. The maximum absolute atomic E-state index is 12.8. The summed E-state index contributed by atoms with van der Waals surface area (Å²) in [5.41, 5.74) is 12.9. The molecule has 1 aromatic rings. The quantitative estimate of drug-likeness (QED) is 0.0552. The highest BCUT2D eigenvalue weighted by molar-refractivity contribution is 7.47. The van der Waals surface area contributed by atoms with Crippen molar-refractivity contribution >= 4 is 19.6 Å². The van der Waals surface area contributed by atoms with Crippen molar-refractivity contribution < 1.29 is 63.4 Å². The van der Waals surface area contributed by atoms with Crippen molar-refractivity contribution in [3.63, 3.8) is 0 Å². The number of aliphatic hydroxyl groups is 5. The number of nitrogen functional groups attached to an aromatic ring is 1. The molecule has 3 heterocycles. The lowest BCUT2D eigenvalue weighted by molar-refractivity contribution is -0.295. The van der Waals surface area contributed by atoms with Gasteiger partial charge in [-0.2, -0.15) is 4.98 Å². The van der Waals surface area contributed by atoms with Gasteiger partial charge in [0.2, 0.25) is 0 Å². The van der Waals surface area contributed by atoms with Crippen LogP contribution in [-0.4, -0.2) is 113 Å². The molecule has 0 radical (unpaired) electrons. The summed E-state index contributed by atoms with van der Waals surface area (Å²) >= 11 is 0. The van der Waals surface area contributed by atoms with Crippen molar-refractivity contribution in [2.75, 3.05) is 18.9 Å². The molecule has 2 aliphatic rings. The molecule has 11 atom stereocenters. The lowest BCUT2D eigenvalue weighted by atomic mass is 9.84. The van der Waals surface area contributed by atoms with Gasteiger partial charge in [-0.1, -0.05) is 12.0 Å². The first-order valence-electron chi connectivity index (χ1n) is 11.6. The number of nitrogens with zero attached hydrogens (tertiary/aromatic N) is 5. The number of anilines is 1. The van der Waals surface area contributed by atoms with Crippen LogP contribution in [0.5, 0.6) is 0 Å². The summed E-state index contributed by atoms with van der Waals surface area (Å²) < 4.78 is 33.8. The number of aliphatic carboxylic acids is 1. The zero-order valence-corrected chi connectivity index (χ0v) is 21.6. The zero-order chi connectivity index (χ0) is 30.0. The van der Waals surface area contributed by atoms with E-state index in [0.29, 0.717) is 0 Å². The predicted octanol–water partition coefficient (Wildman–Crippen LogP) is -2.82. The van der Waals surface area contributed by atoms with Gasteiger partial charge in [0, 0.05) is 23.4 Å². The number of hydrogen-bond donors (Lipinski definition) is 8. The number of aliphatic hydroxyl groups excluding tert-OH is 5. The van der Waals surface area contributed by atoms with E-state index in [1.807, 2.05) is 0 Å². The van der Waals surface area contributed by atoms with Gasteiger partial charge in [0.1, 0.15) is 30.2 Å². The normalized spacial score (nSPS) is 35.3. The predicted molar refractivity (Wildman–Crippen MR) is 127 cm³/mol. The van der Waals surface area contributed by atoms with E-state index in [4.69, 9.17) is 29.8 Å². The first kappa shape index (κ1) is 31.8. The van der Waals surface area contributed by atoms with E-state index in [9.17, 15) is 49.7 Å². The SMILES string of the molecule is C[C@H]1C([C@H](O)[C@H](O)CN=[N+]=[N-])O[C@](OP(=O)(O)OC[C@H]2O[C@@H](n3ccc(N)nc3=O)C(O)[C@H]2O)(C(=O)O)C[C@H]1O. The smallest absolute Gasteiger partial charge is 0.475 e. The Balaban J connectivity index is 1.74. The number of ether oxygens (including phenoxy) is 2. The van der Waals surface area contributed by atoms with Gasteiger partial charge < -0.3 is 50.7 Å². The van der Waals surface area contributed by atoms with Crippen LogP contribution < -0.4 is 11.4 Å². The third-order valence-electron chi connectivity index (χ3n) is 6.45. The fourth-order valence-electron chi connectivity index (χ4n) is 4.22. The first-order valence-corrected chi connectivity index (χ1v) is 13.1. The summed E-state index contributed by atoms with van der Waals surface area (Å²) in [4.78, 5) is 40.4. The fourth-order valence-corrected chi connectivity index (χ4v) is 5.17. The fraction of sp³-hybridized carbons (Fsp3) is 0.737. The van der Waals surface area contributed by atoms with Crippen molar-refractivity contribution in [3.05, 3.63) is 33.2 Å². The van der Waals surface area contributed by atoms with Crippen molar-refractivity contribution in [3.8, 4) is 0 Å². The number of azide groups is 1. The lowest BCUT2D eigenvalue weighted by Crippen LogP contribution is -2.60. The Hall–Kier alpha value is -2.71. The maximum atomic E-state index is 12.8. The Morgan fingerprint density at radius 1 is 1.40 bits per heavy atom.